The molecule has 2 bridgehead atoms. The molecule has 0 aromatic heterocycles. The number of nitrogens with zero attached hydrogens (tertiary/aromatic N) is 1. The second-order valence-corrected chi connectivity index (χ2v) is 11.5. The first kappa shape index (κ1) is 27.8. The Hall–Kier alpha value is -2.77. The molecular weight excluding hydrogens is 555 g/mol. The van der Waals surface area contributed by atoms with Crippen molar-refractivity contribution in [3.63, 3.8) is 0 Å². The van der Waals surface area contributed by atoms with E-state index in [1.165, 1.54) is 5.56 Å². The van der Waals surface area contributed by atoms with Crippen LogP contribution < -0.4 is 16.0 Å². The fourth-order valence-electron chi connectivity index (χ4n) is 5.69. The van der Waals surface area contributed by atoms with Gasteiger partial charge >= 0.3 is 0 Å². The van der Waals surface area contributed by atoms with Gasteiger partial charge in [0.05, 0.1) is 28.7 Å². The molecule has 3 aromatic rings. The van der Waals surface area contributed by atoms with E-state index < -0.39 is 0 Å². The van der Waals surface area contributed by atoms with E-state index in [1.54, 1.807) is 18.2 Å². The van der Waals surface area contributed by atoms with Crippen LogP contribution in [-0.2, 0) is 22.6 Å². The third-order valence-electron chi connectivity index (χ3n) is 7.56. The lowest BCUT2D eigenvalue weighted by molar-refractivity contribution is -0.126. The van der Waals surface area contributed by atoms with Crippen LogP contribution in [-0.4, -0.2) is 41.4 Å². The lowest BCUT2D eigenvalue weighted by Gasteiger charge is -2.39. The van der Waals surface area contributed by atoms with Crippen LogP contribution in [0.5, 0.6) is 0 Å². The topological polar surface area (TPSA) is 73.5 Å². The molecule has 3 aromatic carbocycles. The van der Waals surface area contributed by atoms with Crippen molar-refractivity contribution in [2.45, 2.75) is 56.8 Å². The maximum Gasteiger partial charge on any atom is 0.239 e. The number of carbonyl (C=O) groups is 2. The fourth-order valence-corrected chi connectivity index (χ4v) is 6.31. The van der Waals surface area contributed by atoms with Crippen molar-refractivity contribution in [1.82, 2.24) is 15.5 Å². The van der Waals surface area contributed by atoms with E-state index in [2.05, 4.69) is 33.0 Å². The van der Waals surface area contributed by atoms with Gasteiger partial charge in [0.25, 0.3) is 0 Å². The zero-order chi connectivity index (χ0) is 27.4. The van der Waals surface area contributed by atoms with Gasteiger partial charge in [0.1, 0.15) is 0 Å². The van der Waals surface area contributed by atoms with E-state index >= 15 is 0 Å². The number of nitrogens with one attached hydrogen (secondary N) is 3. The van der Waals surface area contributed by atoms with Gasteiger partial charge in [-0.1, -0.05) is 71.2 Å². The molecule has 204 valence electrons. The molecule has 39 heavy (non-hydrogen) atoms. The molecule has 2 saturated heterocycles. The SMILES string of the molecule is O=C(Cc1ccccc1Nc1c(Cl)cccc1Cl)NCC(=O)NC1CC2CCC(C1)N2Cc1ccc(Cl)cc1. The summed E-state index contributed by atoms with van der Waals surface area (Å²) in [6.07, 6.45) is 4.26. The van der Waals surface area contributed by atoms with Crippen LogP contribution in [0.4, 0.5) is 11.4 Å². The van der Waals surface area contributed by atoms with Gasteiger partial charge < -0.3 is 16.0 Å². The van der Waals surface area contributed by atoms with Crippen molar-refractivity contribution in [2.24, 2.45) is 0 Å². The van der Waals surface area contributed by atoms with Gasteiger partial charge in [-0.15, -0.1) is 0 Å². The highest BCUT2D eigenvalue weighted by Gasteiger charge is 2.40. The number of amides is 2. The summed E-state index contributed by atoms with van der Waals surface area (Å²) in [6, 6.07) is 21.8. The summed E-state index contributed by atoms with van der Waals surface area (Å²) in [6.45, 7) is 0.854. The third kappa shape index (κ3) is 7.06. The van der Waals surface area contributed by atoms with Gasteiger partial charge in [0.2, 0.25) is 11.8 Å². The largest absolute Gasteiger partial charge is 0.353 e. The molecule has 2 amide bonds. The number of halogens is 3. The summed E-state index contributed by atoms with van der Waals surface area (Å²) in [5.41, 5.74) is 3.35. The highest BCUT2D eigenvalue weighted by molar-refractivity contribution is 6.39. The summed E-state index contributed by atoms with van der Waals surface area (Å²) in [7, 11) is 0. The van der Waals surface area contributed by atoms with Crippen LogP contribution in [0.25, 0.3) is 0 Å². The summed E-state index contributed by atoms with van der Waals surface area (Å²) in [5, 5.41) is 10.9. The highest BCUT2D eigenvalue weighted by atomic mass is 35.5. The molecule has 3 N–H and O–H groups in total. The van der Waals surface area contributed by atoms with E-state index in [0.29, 0.717) is 27.8 Å². The minimum Gasteiger partial charge on any atom is -0.353 e. The predicted octanol–water partition coefficient (Wildman–Crippen LogP) is 6.36. The van der Waals surface area contributed by atoms with Gasteiger partial charge in [-0.3, -0.25) is 14.5 Å². The van der Waals surface area contributed by atoms with E-state index in [-0.39, 0.29) is 30.8 Å². The van der Waals surface area contributed by atoms with E-state index in [0.717, 1.165) is 48.5 Å². The highest BCUT2D eigenvalue weighted by Crippen LogP contribution is 2.37. The monoisotopic (exact) mass is 584 g/mol. The summed E-state index contributed by atoms with van der Waals surface area (Å²) in [5.74, 6) is -0.393. The minimum atomic E-state index is -0.234. The maximum absolute atomic E-state index is 12.7. The number of anilines is 2. The van der Waals surface area contributed by atoms with E-state index in [4.69, 9.17) is 34.8 Å². The van der Waals surface area contributed by atoms with Crippen LogP contribution in [0.1, 0.15) is 36.8 Å². The van der Waals surface area contributed by atoms with Crippen LogP contribution >= 0.6 is 34.8 Å². The molecule has 0 spiro atoms. The summed E-state index contributed by atoms with van der Waals surface area (Å²) < 4.78 is 0. The van der Waals surface area contributed by atoms with Crippen LogP contribution in [0.15, 0.2) is 66.7 Å². The Morgan fingerprint density at radius 1 is 0.821 bits per heavy atom. The minimum absolute atomic E-state index is 0.0505. The smallest absolute Gasteiger partial charge is 0.239 e. The Labute approximate surface area is 244 Å². The first-order valence-electron chi connectivity index (χ1n) is 13.2. The van der Waals surface area contributed by atoms with Gasteiger partial charge in [-0.25, -0.2) is 0 Å². The Kier molecular flexibility index (Phi) is 8.98. The van der Waals surface area contributed by atoms with E-state index in [1.807, 2.05) is 36.4 Å². The molecule has 2 aliphatic rings. The number of fused-ring (bicyclic) bond motifs is 2. The predicted molar refractivity (Wildman–Crippen MR) is 158 cm³/mol. The lowest BCUT2D eigenvalue weighted by Crippen LogP contribution is -2.51. The average molecular weight is 586 g/mol. The second kappa shape index (κ2) is 12.6. The standard InChI is InChI=1S/C30H31Cl3N4O2/c31-21-10-8-19(9-11-21)18-37-23-12-13-24(37)16-22(15-23)35-29(39)17-34-28(38)14-20-4-1-2-7-27(20)36-30-25(32)5-3-6-26(30)33/h1-11,22-24,36H,12-18H2,(H,34,38)(H,35,39). The molecule has 2 fully saturated rings. The van der Waals surface area contributed by atoms with Crippen molar-refractivity contribution in [1.29, 1.82) is 0 Å². The maximum atomic E-state index is 12.7. The second-order valence-electron chi connectivity index (χ2n) is 10.3. The first-order valence-corrected chi connectivity index (χ1v) is 14.3. The summed E-state index contributed by atoms with van der Waals surface area (Å²) >= 11 is 18.6. The average Bonchev–Trinajstić information content (AvgIpc) is 3.14. The Morgan fingerprint density at radius 3 is 2.18 bits per heavy atom. The number of piperidine rings is 1. The molecular formula is C30H31Cl3N4O2. The van der Waals surface area contributed by atoms with Gasteiger partial charge in [-0.05, 0) is 67.1 Å². The molecule has 6 nitrogen and oxygen atoms in total. The number of benzene rings is 3. The molecule has 5 rings (SSSR count). The van der Waals surface area contributed by atoms with Crippen molar-refractivity contribution in [3.8, 4) is 0 Å². The number of hydrogen-bond acceptors (Lipinski definition) is 4. The van der Waals surface area contributed by atoms with Crippen molar-refractivity contribution in [3.05, 3.63) is 92.9 Å². The van der Waals surface area contributed by atoms with Crippen LogP contribution in [0, 0.1) is 0 Å². The molecule has 9 heteroatoms. The molecule has 0 radical (unpaired) electrons. The molecule has 2 unspecified atom stereocenters. The Balaban J connectivity index is 1.10. The first-order chi connectivity index (χ1) is 18.9. The molecule has 0 aliphatic carbocycles. The third-order valence-corrected chi connectivity index (χ3v) is 8.45. The van der Waals surface area contributed by atoms with Crippen LogP contribution in [0.2, 0.25) is 15.1 Å². The van der Waals surface area contributed by atoms with Gasteiger partial charge in [0, 0.05) is 35.4 Å². The summed E-state index contributed by atoms with van der Waals surface area (Å²) in [4.78, 5) is 28.0. The number of rotatable bonds is 9. The van der Waals surface area contributed by atoms with Gasteiger partial charge in [0.15, 0.2) is 0 Å². The normalized spacial score (nSPS) is 20.4. The lowest BCUT2D eigenvalue weighted by atomic mass is 9.96. The molecule has 2 atom stereocenters. The van der Waals surface area contributed by atoms with E-state index in [9.17, 15) is 9.59 Å². The molecule has 2 aliphatic heterocycles. The van der Waals surface area contributed by atoms with Crippen molar-refractivity contribution < 1.29 is 9.59 Å². The fraction of sp³-hybridized carbons (Fsp3) is 0.333. The zero-order valence-corrected chi connectivity index (χ0v) is 23.7. The van der Waals surface area contributed by atoms with Gasteiger partial charge in [-0.2, -0.15) is 0 Å². The number of para-hydroxylation sites is 2. The zero-order valence-electron chi connectivity index (χ0n) is 21.4. The quantitative estimate of drug-likeness (QED) is 0.273. The van der Waals surface area contributed by atoms with Crippen LogP contribution in [0.3, 0.4) is 0 Å². The number of carbonyl (C=O) groups excluding carboxylic acids is 2. The van der Waals surface area contributed by atoms with Crippen molar-refractivity contribution >= 4 is 58.0 Å². The molecule has 2 heterocycles. The Bertz CT molecular complexity index is 1300. The number of hydrogen-bond donors (Lipinski definition) is 3. The van der Waals surface area contributed by atoms with Crippen molar-refractivity contribution in [2.75, 3.05) is 11.9 Å². The Morgan fingerprint density at radius 2 is 1.49 bits per heavy atom. The molecule has 0 saturated carbocycles.